The molecule has 1 aromatic rings. The fourth-order valence-corrected chi connectivity index (χ4v) is 2.52. The Kier molecular flexibility index (Phi) is 2.67. The predicted octanol–water partition coefficient (Wildman–Crippen LogP) is 1.30. The third-order valence-corrected chi connectivity index (χ3v) is 3.67. The highest BCUT2D eigenvalue weighted by Gasteiger charge is 2.43. The van der Waals surface area contributed by atoms with E-state index in [0.29, 0.717) is 37.4 Å². The van der Waals surface area contributed by atoms with Gasteiger partial charge < -0.3 is 20.5 Å². The van der Waals surface area contributed by atoms with E-state index >= 15 is 0 Å². The minimum atomic E-state index is -0.984. The molecule has 0 aromatic heterocycles. The maximum Gasteiger partial charge on any atom is 0.335 e. The largest absolute Gasteiger partial charge is 0.478 e. The number of rotatable bonds is 1. The second-order valence-electron chi connectivity index (χ2n) is 4.84. The van der Waals surface area contributed by atoms with E-state index in [1.807, 2.05) is 0 Å². The summed E-state index contributed by atoms with van der Waals surface area (Å²) in [5.41, 5.74) is 0.792. The molecule has 19 heavy (non-hydrogen) atoms. The molecule has 2 aliphatic heterocycles. The van der Waals surface area contributed by atoms with Crippen molar-refractivity contribution in [2.75, 3.05) is 23.8 Å². The van der Waals surface area contributed by atoms with Gasteiger partial charge in [0.25, 0.3) is 0 Å². The van der Waals surface area contributed by atoms with Crippen LogP contribution in [0.3, 0.4) is 0 Å². The predicted molar refractivity (Wildman–Crippen MR) is 68.4 cm³/mol. The van der Waals surface area contributed by atoms with E-state index in [-0.39, 0.29) is 11.5 Å². The Morgan fingerprint density at radius 1 is 1.26 bits per heavy atom. The van der Waals surface area contributed by atoms with Gasteiger partial charge in [-0.25, -0.2) is 4.79 Å². The summed E-state index contributed by atoms with van der Waals surface area (Å²) in [7, 11) is 0. The maximum atomic E-state index is 12.2. The maximum absolute atomic E-state index is 12.2. The van der Waals surface area contributed by atoms with E-state index in [1.54, 1.807) is 12.1 Å². The summed E-state index contributed by atoms with van der Waals surface area (Å²) in [6.07, 6.45) is 1.16. The number of carboxylic acids is 1. The lowest BCUT2D eigenvalue weighted by Gasteiger charge is -2.41. The van der Waals surface area contributed by atoms with Crippen molar-refractivity contribution in [1.29, 1.82) is 0 Å². The number of anilines is 2. The van der Waals surface area contributed by atoms with Crippen molar-refractivity contribution in [1.82, 2.24) is 0 Å². The second kappa shape index (κ2) is 4.24. The molecule has 0 unspecified atom stereocenters. The van der Waals surface area contributed by atoms with Gasteiger partial charge in [-0.1, -0.05) is 0 Å². The summed E-state index contributed by atoms with van der Waals surface area (Å²) in [6, 6.07) is 4.63. The molecule has 2 aliphatic rings. The van der Waals surface area contributed by atoms with Gasteiger partial charge in [0, 0.05) is 26.1 Å². The number of fused-ring (bicyclic) bond motifs is 1. The zero-order valence-electron chi connectivity index (χ0n) is 10.2. The molecule has 0 atom stereocenters. The molecular formula is C13H14N2O4. The quantitative estimate of drug-likeness (QED) is 0.710. The number of aromatic carboxylic acids is 1. The van der Waals surface area contributed by atoms with Crippen molar-refractivity contribution < 1.29 is 19.4 Å². The van der Waals surface area contributed by atoms with E-state index in [1.165, 1.54) is 6.07 Å². The number of carbonyl (C=O) groups is 2. The van der Waals surface area contributed by atoms with Crippen molar-refractivity contribution in [3.63, 3.8) is 0 Å². The lowest BCUT2D eigenvalue weighted by molar-refractivity contribution is -0.123. The molecule has 0 radical (unpaired) electrons. The van der Waals surface area contributed by atoms with Gasteiger partial charge in [-0.15, -0.1) is 0 Å². The first-order valence-corrected chi connectivity index (χ1v) is 6.15. The van der Waals surface area contributed by atoms with Crippen LogP contribution >= 0.6 is 0 Å². The first kappa shape index (κ1) is 12.0. The number of ether oxygens (including phenoxy) is 1. The first-order chi connectivity index (χ1) is 9.11. The van der Waals surface area contributed by atoms with Crippen molar-refractivity contribution in [3.05, 3.63) is 23.8 Å². The summed E-state index contributed by atoms with van der Waals surface area (Å²) in [4.78, 5) is 23.2. The van der Waals surface area contributed by atoms with Crippen molar-refractivity contribution in [3.8, 4) is 0 Å². The molecule has 1 aromatic carbocycles. The Hall–Kier alpha value is -2.08. The van der Waals surface area contributed by atoms with E-state index in [9.17, 15) is 9.59 Å². The fourth-order valence-electron chi connectivity index (χ4n) is 2.52. The van der Waals surface area contributed by atoms with Crippen LogP contribution in [0.5, 0.6) is 0 Å². The number of benzene rings is 1. The van der Waals surface area contributed by atoms with Crippen LogP contribution in [0.2, 0.25) is 0 Å². The molecule has 6 heteroatoms. The monoisotopic (exact) mass is 262 g/mol. The van der Waals surface area contributed by atoms with Gasteiger partial charge >= 0.3 is 5.97 Å². The van der Waals surface area contributed by atoms with Gasteiger partial charge in [0.2, 0.25) is 5.91 Å². The van der Waals surface area contributed by atoms with E-state index in [4.69, 9.17) is 9.84 Å². The Morgan fingerprint density at radius 3 is 2.68 bits per heavy atom. The first-order valence-electron chi connectivity index (χ1n) is 6.15. The molecule has 1 fully saturated rings. The third-order valence-electron chi connectivity index (χ3n) is 3.67. The lowest BCUT2D eigenvalue weighted by atomic mass is 9.86. The van der Waals surface area contributed by atoms with E-state index in [0.717, 1.165) is 0 Å². The van der Waals surface area contributed by atoms with Crippen LogP contribution in [-0.2, 0) is 9.53 Å². The van der Waals surface area contributed by atoms with Gasteiger partial charge in [0.15, 0.2) is 0 Å². The molecule has 3 rings (SSSR count). The summed E-state index contributed by atoms with van der Waals surface area (Å²) in [5.74, 6) is -1.06. The minimum Gasteiger partial charge on any atom is -0.478 e. The topological polar surface area (TPSA) is 87.7 Å². The third kappa shape index (κ3) is 1.94. The number of amides is 1. The SMILES string of the molecule is O=C(O)c1ccc2c(c1)NC1(CCOCC1)C(=O)N2. The minimum absolute atomic E-state index is 0.0774. The van der Waals surface area contributed by atoms with Crippen LogP contribution in [0.25, 0.3) is 0 Å². The van der Waals surface area contributed by atoms with Gasteiger partial charge in [0.05, 0.1) is 16.9 Å². The molecule has 1 amide bonds. The molecule has 6 nitrogen and oxygen atoms in total. The summed E-state index contributed by atoms with van der Waals surface area (Å²) in [5, 5.41) is 15.0. The molecule has 2 heterocycles. The Labute approximate surface area is 109 Å². The number of nitrogens with one attached hydrogen (secondary N) is 2. The van der Waals surface area contributed by atoms with Crippen LogP contribution in [-0.4, -0.2) is 35.7 Å². The normalized spacial score (nSPS) is 20.3. The number of hydrogen-bond acceptors (Lipinski definition) is 4. The summed E-state index contributed by atoms with van der Waals surface area (Å²) in [6.45, 7) is 1.04. The molecule has 1 spiro atoms. The molecule has 100 valence electrons. The second-order valence-corrected chi connectivity index (χ2v) is 4.84. The van der Waals surface area contributed by atoms with Gasteiger partial charge in [0.1, 0.15) is 5.54 Å². The summed E-state index contributed by atoms with van der Waals surface area (Å²) >= 11 is 0. The standard InChI is InChI=1S/C13H14N2O4/c16-11(17)8-1-2-9-10(7-8)15-13(12(18)14-9)3-5-19-6-4-13/h1-2,7,15H,3-6H2,(H,14,18)(H,16,17). The fraction of sp³-hybridized carbons (Fsp3) is 0.385. The van der Waals surface area contributed by atoms with Crippen LogP contribution in [0.1, 0.15) is 23.2 Å². The lowest BCUT2D eigenvalue weighted by Crippen LogP contribution is -2.55. The van der Waals surface area contributed by atoms with Crippen LogP contribution in [0.4, 0.5) is 11.4 Å². The van der Waals surface area contributed by atoms with Crippen LogP contribution < -0.4 is 10.6 Å². The van der Waals surface area contributed by atoms with Crippen LogP contribution in [0.15, 0.2) is 18.2 Å². The molecular weight excluding hydrogens is 248 g/mol. The molecule has 1 saturated heterocycles. The molecule has 0 saturated carbocycles. The Morgan fingerprint density at radius 2 is 2.00 bits per heavy atom. The van der Waals surface area contributed by atoms with Crippen molar-refractivity contribution in [2.45, 2.75) is 18.4 Å². The average Bonchev–Trinajstić information content (AvgIpc) is 2.40. The van der Waals surface area contributed by atoms with E-state index < -0.39 is 11.5 Å². The number of carboxylic acid groups (broad SMARTS) is 1. The Bertz CT molecular complexity index is 550. The Balaban J connectivity index is 1.98. The zero-order chi connectivity index (χ0) is 13.5. The highest BCUT2D eigenvalue weighted by atomic mass is 16.5. The highest BCUT2D eigenvalue weighted by Crippen LogP contribution is 2.36. The molecule has 0 aliphatic carbocycles. The summed E-state index contributed by atoms with van der Waals surface area (Å²) < 4.78 is 5.28. The average molecular weight is 262 g/mol. The van der Waals surface area contributed by atoms with Gasteiger partial charge in [-0.05, 0) is 18.2 Å². The zero-order valence-corrected chi connectivity index (χ0v) is 10.2. The number of hydrogen-bond donors (Lipinski definition) is 3. The number of carbonyl (C=O) groups excluding carboxylic acids is 1. The molecule has 0 bridgehead atoms. The highest BCUT2D eigenvalue weighted by molar-refractivity contribution is 6.07. The molecule has 3 N–H and O–H groups in total. The van der Waals surface area contributed by atoms with Crippen molar-refractivity contribution >= 4 is 23.3 Å². The van der Waals surface area contributed by atoms with Crippen LogP contribution in [0, 0.1) is 0 Å². The van der Waals surface area contributed by atoms with E-state index in [2.05, 4.69) is 10.6 Å². The van der Waals surface area contributed by atoms with Gasteiger partial charge in [-0.2, -0.15) is 0 Å². The smallest absolute Gasteiger partial charge is 0.335 e. The van der Waals surface area contributed by atoms with Gasteiger partial charge in [-0.3, -0.25) is 4.79 Å². The van der Waals surface area contributed by atoms with Crippen molar-refractivity contribution in [2.24, 2.45) is 0 Å².